The van der Waals surface area contributed by atoms with Gasteiger partial charge in [0.15, 0.2) is 5.16 Å². The van der Waals surface area contributed by atoms with E-state index in [4.69, 9.17) is 0 Å². The number of piperazine rings is 1. The van der Waals surface area contributed by atoms with Crippen molar-refractivity contribution in [2.45, 2.75) is 43.3 Å². The summed E-state index contributed by atoms with van der Waals surface area (Å²) in [7, 11) is 0. The number of hydrogen-bond donors (Lipinski definition) is 1. The molecule has 1 aliphatic heterocycles. The maximum atomic E-state index is 13.0. The standard InChI is InChI=1S/C22H29N5O2S/c1-30-22-23-10-11-27(22)19-9-5-6-17(16-19)20(28)25-12-14-26(15-13-25)21(29)24-18-7-3-2-4-8-18/h5-6,9-11,16,18H,2-4,7-8,12-15H2,1H3,(H,24,29). The van der Waals surface area contributed by atoms with Gasteiger partial charge in [-0.2, -0.15) is 0 Å². The van der Waals surface area contributed by atoms with E-state index in [-0.39, 0.29) is 11.9 Å². The first-order valence-electron chi connectivity index (χ1n) is 10.7. The van der Waals surface area contributed by atoms with Gasteiger partial charge in [0.25, 0.3) is 5.91 Å². The monoisotopic (exact) mass is 427 g/mol. The molecule has 30 heavy (non-hydrogen) atoms. The minimum Gasteiger partial charge on any atom is -0.335 e. The quantitative estimate of drug-likeness (QED) is 0.760. The minimum atomic E-state index is 0.00926. The molecule has 0 unspecified atom stereocenters. The highest BCUT2D eigenvalue weighted by Crippen LogP contribution is 2.20. The molecule has 2 aliphatic rings. The van der Waals surface area contributed by atoms with Crippen LogP contribution in [0.15, 0.2) is 41.8 Å². The molecule has 3 amide bonds. The number of aromatic nitrogens is 2. The number of rotatable bonds is 4. The van der Waals surface area contributed by atoms with Crippen molar-refractivity contribution in [2.24, 2.45) is 0 Å². The number of urea groups is 1. The van der Waals surface area contributed by atoms with E-state index in [0.717, 1.165) is 23.7 Å². The zero-order valence-electron chi connectivity index (χ0n) is 17.4. The fraction of sp³-hybridized carbons (Fsp3) is 0.500. The Morgan fingerprint density at radius 2 is 1.80 bits per heavy atom. The van der Waals surface area contributed by atoms with E-state index in [9.17, 15) is 9.59 Å². The third-order valence-corrected chi connectivity index (χ3v) is 6.61. The van der Waals surface area contributed by atoms with Crippen molar-refractivity contribution in [3.8, 4) is 5.69 Å². The number of imidazole rings is 1. The van der Waals surface area contributed by atoms with Gasteiger partial charge in [-0.3, -0.25) is 9.36 Å². The highest BCUT2D eigenvalue weighted by Gasteiger charge is 2.26. The third-order valence-electron chi connectivity index (χ3n) is 5.95. The lowest BCUT2D eigenvalue weighted by Gasteiger charge is -2.36. The normalized spacial score (nSPS) is 17.8. The van der Waals surface area contributed by atoms with E-state index >= 15 is 0 Å². The number of carbonyl (C=O) groups excluding carboxylic acids is 2. The second kappa shape index (κ2) is 9.55. The Balaban J connectivity index is 1.35. The highest BCUT2D eigenvalue weighted by atomic mass is 32.2. The van der Waals surface area contributed by atoms with Crippen LogP contribution in [-0.2, 0) is 0 Å². The highest BCUT2D eigenvalue weighted by molar-refractivity contribution is 7.98. The summed E-state index contributed by atoms with van der Waals surface area (Å²) in [6.45, 7) is 2.26. The first-order chi connectivity index (χ1) is 14.7. The lowest BCUT2D eigenvalue weighted by Crippen LogP contribution is -2.54. The van der Waals surface area contributed by atoms with Crippen molar-refractivity contribution >= 4 is 23.7 Å². The van der Waals surface area contributed by atoms with Gasteiger partial charge in [0.1, 0.15) is 0 Å². The number of nitrogens with zero attached hydrogens (tertiary/aromatic N) is 4. The topological polar surface area (TPSA) is 70.5 Å². The van der Waals surface area contributed by atoms with E-state index in [1.165, 1.54) is 19.3 Å². The summed E-state index contributed by atoms with van der Waals surface area (Å²) in [5.41, 5.74) is 1.58. The maximum absolute atomic E-state index is 13.0. The second-order valence-corrected chi connectivity index (χ2v) is 8.67. The largest absolute Gasteiger partial charge is 0.335 e. The molecule has 4 rings (SSSR count). The first-order valence-corrected chi connectivity index (χ1v) is 11.9. The lowest BCUT2D eigenvalue weighted by atomic mass is 9.96. The van der Waals surface area contributed by atoms with Crippen molar-refractivity contribution < 1.29 is 9.59 Å². The zero-order valence-corrected chi connectivity index (χ0v) is 18.2. The van der Waals surface area contributed by atoms with Crippen LogP contribution in [0.3, 0.4) is 0 Å². The fourth-order valence-corrected chi connectivity index (χ4v) is 4.76. The molecule has 0 spiro atoms. The molecule has 2 fully saturated rings. The van der Waals surface area contributed by atoms with E-state index in [2.05, 4.69) is 10.3 Å². The molecule has 1 N–H and O–H groups in total. The molecule has 0 atom stereocenters. The van der Waals surface area contributed by atoms with Gasteiger partial charge in [-0.05, 0) is 37.3 Å². The van der Waals surface area contributed by atoms with Crippen molar-refractivity contribution in [1.29, 1.82) is 0 Å². The molecular formula is C22H29N5O2S. The van der Waals surface area contributed by atoms with Gasteiger partial charge in [-0.1, -0.05) is 37.1 Å². The van der Waals surface area contributed by atoms with Gasteiger partial charge >= 0.3 is 6.03 Å². The number of hydrogen-bond acceptors (Lipinski definition) is 4. The molecule has 1 saturated carbocycles. The Hall–Kier alpha value is -2.48. The average molecular weight is 428 g/mol. The minimum absolute atomic E-state index is 0.00926. The smallest absolute Gasteiger partial charge is 0.317 e. The van der Waals surface area contributed by atoms with Crippen LogP contribution in [0.2, 0.25) is 0 Å². The van der Waals surface area contributed by atoms with E-state index < -0.39 is 0 Å². The number of amides is 3. The zero-order chi connectivity index (χ0) is 20.9. The van der Waals surface area contributed by atoms with Gasteiger partial charge in [-0.15, -0.1) is 0 Å². The number of benzene rings is 1. The summed E-state index contributed by atoms with van der Waals surface area (Å²) in [5, 5.41) is 4.06. The van der Waals surface area contributed by atoms with Crippen LogP contribution >= 0.6 is 11.8 Å². The van der Waals surface area contributed by atoms with Crippen molar-refractivity contribution in [1.82, 2.24) is 24.7 Å². The molecule has 2 heterocycles. The number of thioether (sulfide) groups is 1. The summed E-state index contributed by atoms with van der Waals surface area (Å²) >= 11 is 1.57. The van der Waals surface area contributed by atoms with Crippen LogP contribution in [0.5, 0.6) is 0 Å². The van der Waals surface area contributed by atoms with E-state index in [1.54, 1.807) is 18.0 Å². The summed E-state index contributed by atoms with van der Waals surface area (Å²) in [6.07, 6.45) is 11.5. The molecule has 1 aromatic heterocycles. The summed E-state index contributed by atoms with van der Waals surface area (Å²) in [6, 6.07) is 7.96. The Kier molecular flexibility index (Phi) is 6.62. The molecule has 1 aromatic carbocycles. The van der Waals surface area contributed by atoms with E-state index in [1.807, 2.05) is 51.1 Å². The third kappa shape index (κ3) is 4.64. The predicted octanol–water partition coefficient (Wildman–Crippen LogP) is 3.39. The Morgan fingerprint density at radius 3 is 2.53 bits per heavy atom. The molecule has 1 aliphatic carbocycles. The fourth-order valence-electron chi connectivity index (χ4n) is 4.23. The van der Waals surface area contributed by atoms with E-state index in [0.29, 0.717) is 37.8 Å². The van der Waals surface area contributed by atoms with Crippen LogP contribution in [0.25, 0.3) is 5.69 Å². The number of nitrogens with one attached hydrogen (secondary N) is 1. The Labute approximate surface area is 181 Å². The lowest BCUT2D eigenvalue weighted by molar-refractivity contribution is 0.0662. The summed E-state index contributed by atoms with van der Waals surface area (Å²) < 4.78 is 1.98. The first kappa shape index (κ1) is 20.8. The van der Waals surface area contributed by atoms with Crippen molar-refractivity contribution in [3.63, 3.8) is 0 Å². The number of carbonyl (C=O) groups is 2. The molecule has 8 heteroatoms. The molecule has 1 saturated heterocycles. The van der Waals surface area contributed by atoms with Gasteiger partial charge in [0, 0.05) is 55.9 Å². The van der Waals surface area contributed by atoms with Gasteiger partial charge in [-0.25, -0.2) is 9.78 Å². The Morgan fingerprint density at radius 1 is 1.07 bits per heavy atom. The second-order valence-electron chi connectivity index (χ2n) is 7.90. The van der Waals surface area contributed by atoms with Crippen LogP contribution in [0, 0.1) is 0 Å². The summed E-state index contributed by atoms with van der Waals surface area (Å²) in [4.78, 5) is 33.6. The molecule has 7 nitrogen and oxygen atoms in total. The SMILES string of the molecule is CSc1nccn1-c1cccc(C(=O)N2CCN(C(=O)NC3CCCCC3)CC2)c1. The van der Waals surface area contributed by atoms with Crippen molar-refractivity contribution in [2.75, 3.05) is 32.4 Å². The molecule has 0 bridgehead atoms. The van der Waals surface area contributed by atoms with Crippen LogP contribution in [0.1, 0.15) is 42.5 Å². The van der Waals surface area contributed by atoms with Crippen LogP contribution in [0.4, 0.5) is 4.79 Å². The van der Waals surface area contributed by atoms with Gasteiger partial charge in [0.05, 0.1) is 0 Å². The molecule has 2 aromatic rings. The van der Waals surface area contributed by atoms with Gasteiger partial charge in [0.2, 0.25) is 0 Å². The molecule has 160 valence electrons. The average Bonchev–Trinajstić information content (AvgIpc) is 3.28. The predicted molar refractivity (Wildman–Crippen MR) is 118 cm³/mol. The van der Waals surface area contributed by atoms with Gasteiger partial charge < -0.3 is 15.1 Å². The Bertz CT molecular complexity index is 885. The van der Waals surface area contributed by atoms with Crippen LogP contribution in [-0.4, -0.2) is 69.8 Å². The molecular weight excluding hydrogens is 398 g/mol. The maximum Gasteiger partial charge on any atom is 0.317 e. The van der Waals surface area contributed by atoms with Crippen molar-refractivity contribution in [3.05, 3.63) is 42.2 Å². The summed E-state index contributed by atoms with van der Waals surface area (Å²) in [5.74, 6) is 0.00926. The van der Waals surface area contributed by atoms with Crippen LogP contribution < -0.4 is 5.32 Å². The molecule has 0 radical (unpaired) electrons.